The second-order valence-corrected chi connectivity index (χ2v) is 8.49. The molecule has 0 N–H and O–H groups in total. The predicted octanol–water partition coefficient (Wildman–Crippen LogP) is 3.95. The summed E-state index contributed by atoms with van der Waals surface area (Å²) in [5.74, 6) is -0.386. The van der Waals surface area contributed by atoms with Gasteiger partial charge >= 0.3 is 5.69 Å². The fourth-order valence-corrected chi connectivity index (χ4v) is 4.68. The first-order valence-electron chi connectivity index (χ1n) is 8.49. The number of sulfonamides is 1. The lowest BCUT2D eigenvalue weighted by atomic mass is 10.0. The molecule has 2 aromatic rings. The number of halogens is 1. The highest BCUT2D eigenvalue weighted by molar-refractivity contribution is 7.89. The van der Waals surface area contributed by atoms with Crippen LogP contribution >= 0.6 is 0 Å². The van der Waals surface area contributed by atoms with E-state index >= 15 is 0 Å². The standard InChI is InChI=1S/C18H19FN2O5S/c1-13-4-3-9-20(12-13)27(24,25)16-7-8-18(17(11-16)21(22)23)26-15-6-2-5-14(19)10-15/h2,5-8,10-11,13H,3-4,9,12H2,1H3/t13-/m0/s1. The van der Waals surface area contributed by atoms with Gasteiger partial charge in [-0.1, -0.05) is 13.0 Å². The molecule has 1 heterocycles. The van der Waals surface area contributed by atoms with Crippen molar-refractivity contribution < 1.29 is 22.5 Å². The number of nitro benzene ring substituents is 1. The second-order valence-electron chi connectivity index (χ2n) is 6.56. The topological polar surface area (TPSA) is 89.8 Å². The molecule has 0 amide bonds. The molecule has 0 saturated carbocycles. The zero-order valence-electron chi connectivity index (χ0n) is 14.7. The number of nitro groups is 1. The Balaban J connectivity index is 1.94. The lowest BCUT2D eigenvalue weighted by Crippen LogP contribution is -2.39. The van der Waals surface area contributed by atoms with Gasteiger partial charge in [0.2, 0.25) is 15.8 Å². The Labute approximate surface area is 156 Å². The molecule has 1 saturated heterocycles. The van der Waals surface area contributed by atoms with Gasteiger partial charge in [-0.3, -0.25) is 10.1 Å². The average Bonchev–Trinajstić information content (AvgIpc) is 2.61. The van der Waals surface area contributed by atoms with Gasteiger partial charge in [0.05, 0.1) is 9.82 Å². The molecular weight excluding hydrogens is 375 g/mol. The molecule has 1 aliphatic rings. The first-order valence-corrected chi connectivity index (χ1v) is 9.93. The lowest BCUT2D eigenvalue weighted by molar-refractivity contribution is -0.385. The largest absolute Gasteiger partial charge is 0.450 e. The van der Waals surface area contributed by atoms with Gasteiger partial charge in [-0.05, 0) is 43.0 Å². The van der Waals surface area contributed by atoms with Crippen LogP contribution in [-0.2, 0) is 10.0 Å². The number of hydrogen-bond donors (Lipinski definition) is 0. The van der Waals surface area contributed by atoms with Gasteiger partial charge in [0.25, 0.3) is 0 Å². The Kier molecular flexibility index (Phi) is 5.43. The maximum Gasteiger partial charge on any atom is 0.312 e. The molecule has 2 aromatic carbocycles. The zero-order valence-corrected chi connectivity index (χ0v) is 15.5. The average molecular weight is 394 g/mol. The van der Waals surface area contributed by atoms with Crippen molar-refractivity contribution in [3.63, 3.8) is 0 Å². The van der Waals surface area contributed by atoms with Crippen molar-refractivity contribution in [2.75, 3.05) is 13.1 Å². The highest BCUT2D eigenvalue weighted by atomic mass is 32.2. The van der Waals surface area contributed by atoms with Crippen LogP contribution in [0.1, 0.15) is 19.8 Å². The predicted molar refractivity (Wildman–Crippen MR) is 96.7 cm³/mol. The fraction of sp³-hybridized carbons (Fsp3) is 0.333. The van der Waals surface area contributed by atoms with E-state index in [4.69, 9.17) is 4.74 Å². The molecule has 7 nitrogen and oxygen atoms in total. The first-order chi connectivity index (χ1) is 12.8. The van der Waals surface area contributed by atoms with E-state index in [0.717, 1.165) is 25.0 Å². The van der Waals surface area contributed by atoms with Gasteiger partial charge in [0.15, 0.2) is 0 Å². The van der Waals surface area contributed by atoms with E-state index in [-0.39, 0.29) is 22.3 Å². The normalized spacial score (nSPS) is 18.2. The third kappa shape index (κ3) is 4.25. The summed E-state index contributed by atoms with van der Waals surface area (Å²) in [6.45, 7) is 2.75. The Morgan fingerprint density at radius 2 is 2.04 bits per heavy atom. The molecule has 0 aromatic heterocycles. The summed E-state index contributed by atoms with van der Waals surface area (Å²) in [6, 6.07) is 8.66. The van der Waals surface area contributed by atoms with Crippen molar-refractivity contribution in [2.45, 2.75) is 24.7 Å². The number of rotatable bonds is 5. The van der Waals surface area contributed by atoms with Crippen molar-refractivity contribution in [1.29, 1.82) is 0 Å². The molecule has 27 heavy (non-hydrogen) atoms. The third-order valence-corrected chi connectivity index (χ3v) is 6.27. The first kappa shape index (κ1) is 19.2. The number of nitrogens with zero attached hydrogens (tertiary/aromatic N) is 2. The molecule has 1 fully saturated rings. The number of benzene rings is 2. The van der Waals surface area contributed by atoms with E-state index in [9.17, 15) is 22.9 Å². The SMILES string of the molecule is C[C@H]1CCCN(S(=O)(=O)c2ccc(Oc3cccc(F)c3)c([N+](=O)[O-])c2)C1. The second kappa shape index (κ2) is 7.61. The zero-order chi connectivity index (χ0) is 19.6. The van der Waals surface area contributed by atoms with E-state index < -0.39 is 26.5 Å². The van der Waals surface area contributed by atoms with E-state index in [1.165, 1.54) is 34.6 Å². The Hall–Kier alpha value is -2.52. The number of hydrogen-bond acceptors (Lipinski definition) is 5. The lowest BCUT2D eigenvalue weighted by Gasteiger charge is -2.30. The molecule has 0 unspecified atom stereocenters. The summed E-state index contributed by atoms with van der Waals surface area (Å²) >= 11 is 0. The van der Waals surface area contributed by atoms with Gasteiger partial charge in [-0.2, -0.15) is 4.31 Å². The smallest absolute Gasteiger partial charge is 0.312 e. The van der Waals surface area contributed by atoms with Crippen LogP contribution in [0.25, 0.3) is 0 Å². The van der Waals surface area contributed by atoms with E-state index in [0.29, 0.717) is 13.1 Å². The summed E-state index contributed by atoms with van der Waals surface area (Å²) in [5.41, 5.74) is -0.495. The van der Waals surface area contributed by atoms with Crippen LogP contribution in [0.3, 0.4) is 0 Å². The highest BCUT2D eigenvalue weighted by Crippen LogP contribution is 2.35. The maximum atomic E-state index is 13.3. The molecule has 3 rings (SSSR count). The highest BCUT2D eigenvalue weighted by Gasteiger charge is 2.31. The van der Waals surface area contributed by atoms with Crippen molar-refractivity contribution in [3.8, 4) is 11.5 Å². The van der Waals surface area contributed by atoms with Crippen molar-refractivity contribution >= 4 is 15.7 Å². The van der Waals surface area contributed by atoms with Crippen LogP contribution in [0.2, 0.25) is 0 Å². The Morgan fingerprint density at radius 3 is 2.70 bits per heavy atom. The monoisotopic (exact) mass is 394 g/mol. The molecule has 0 bridgehead atoms. The molecule has 0 aliphatic carbocycles. The molecule has 0 spiro atoms. The summed E-state index contributed by atoms with van der Waals surface area (Å²) in [6.07, 6.45) is 1.70. The minimum Gasteiger partial charge on any atom is -0.450 e. The molecule has 9 heteroatoms. The Morgan fingerprint density at radius 1 is 1.26 bits per heavy atom. The number of ether oxygens (including phenoxy) is 1. The fourth-order valence-electron chi connectivity index (χ4n) is 3.06. The molecular formula is C18H19FN2O5S. The van der Waals surface area contributed by atoms with Crippen molar-refractivity contribution in [2.24, 2.45) is 5.92 Å². The van der Waals surface area contributed by atoms with Gasteiger partial charge in [0.1, 0.15) is 11.6 Å². The summed E-state index contributed by atoms with van der Waals surface area (Å²) < 4.78 is 45.7. The minimum atomic E-state index is -3.83. The van der Waals surface area contributed by atoms with Gasteiger partial charge in [-0.25, -0.2) is 12.8 Å². The van der Waals surface area contributed by atoms with E-state index in [2.05, 4.69) is 0 Å². The Bertz CT molecular complexity index is 964. The quantitative estimate of drug-likeness (QED) is 0.566. The summed E-state index contributed by atoms with van der Waals surface area (Å²) in [7, 11) is -3.83. The van der Waals surface area contributed by atoms with Crippen LogP contribution in [0.4, 0.5) is 10.1 Å². The van der Waals surface area contributed by atoms with Gasteiger partial charge in [0, 0.05) is 25.2 Å². The van der Waals surface area contributed by atoms with Crippen LogP contribution in [0, 0.1) is 21.8 Å². The molecule has 0 radical (unpaired) electrons. The molecule has 1 aliphatic heterocycles. The molecule has 144 valence electrons. The van der Waals surface area contributed by atoms with E-state index in [1.807, 2.05) is 6.92 Å². The maximum absolute atomic E-state index is 13.3. The molecule has 1 atom stereocenters. The van der Waals surface area contributed by atoms with E-state index in [1.54, 1.807) is 0 Å². The summed E-state index contributed by atoms with van der Waals surface area (Å²) in [4.78, 5) is 10.6. The van der Waals surface area contributed by atoms with Crippen molar-refractivity contribution in [3.05, 3.63) is 58.4 Å². The van der Waals surface area contributed by atoms with Crippen LogP contribution in [-0.4, -0.2) is 30.7 Å². The van der Waals surface area contributed by atoms with Gasteiger partial charge < -0.3 is 4.74 Å². The minimum absolute atomic E-state index is 0.0820. The number of piperidine rings is 1. The van der Waals surface area contributed by atoms with Crippen LogP contribution in [0.15, 0.2) is 47.4 Å². The summed E-state index contributed by atoms with van der Waals surface area (Å²) in [5, 5.41) is 11.4. The van der Waals surface area contributed by atoms with Crippen LogP contribution in [0.5, 0.6) is 11.5 Å². The van der Waals surface area contributed by atoms with Crippen molar-refractivity contribution in [1.82, 2.24) is 4.31 Å². The third-order valence-electron chi connectivity index (χ3n) is 4.41. The van der Waals surface area contributed by atoms with Crippen LogP contribution < -0.4 is 4.74 Å². The van der Waals surface area contributed by atoms with Gasteiger partial charge in [-0.15, -0.1) is 0 Å².